The summed E-state index contributed by atoms with van der Waals surface area (Å²) in [4.78, 5) is 6.40. The molecular weight excluding hydrogens is 228 g/mol. The lowest BCUT2D eigenvalue weighted by Crippen LogP contribution is -2.22. The van der Waals surface area contributed by atoms with Crippen LogP contribution in [0.1, 0.15) is 5.56 Å². The molecule has 1 aromatic heterocycles. The lowest BCUT2D eigenvalue weighted by Gasteiger charge is -2.15. The normalized spacial score (nSPS) is 24.8. The van der Waals surface area contributed by atoms with E-state index in [0.29, 0.717) is 13.1 Å². The van der Waals surface area contributed by atoms with Gasteiger partial charge in [0.05, 0.1) is 17.7 Å². The Morgan fingerprint density at radius 3 is 2.61 bits per heavy atom. The summed E-state index contributed by atoms with van der Waals surface area (Å²) in [7, 11) is 0. The number of nitrogens with zero attached hydrogens (tertiary/aromatic N) is 2. The standard InChI is InChI=1S/C14H16N2O2/c17-13-8-16(9-14(13)18)7-10-5-6-15-12-4-2-1-3-11(10)12/h1-6,13-14,17-18H,7-9H2. The number of rotatable bonds is 2. The Morgan fingerprint density at radius 1 is 1.11 bits per heavy atom. The molecule has 94 valence electrons. The molecule has 2 unspecified atom stereocenters. The van der Waals surface area contributed by atoms with Crippen molar-refractivity contribution in [1.82, 2.24) is 9.88 Å². The van der Waals surface area contributed by atoms with Crippen LogP contribution in [0.5, 0.6) is 0 Å². The van der Waals surface area contributed by atoms with E-state index in [9.17, 15) is 10.2 Å². The minimum absolute atomic E-state index is 0.526. The summed E-state index contributed by atoms with van der Waals surface area (Å²) >= 11 is 0. The quantitative estimate of drug-likeness (QED) is 0.819. The number of pyridine rings is 1. The maximum absolute atomic E-state index is 9.56. The number of aromatic nitrogens is 1. The van der Waals surface area contributed by atoms with Gasteiger partial charge in [-0.15, -0.1) is 0 Å². The Balaban J connectivity index is 1.87. The van der Waals surface area contributed by atoms with Crippen LogP contribution in [0.15, 0.2) is 36.5 Å². The zero-order valence-electron chi connectivity index (χ0n) is 10.0. The number of aliphatic hydroxyl groups is 2. The summed E-state index contributed by atoms with van der Waals surface area (Å²) in [5.74, 6) is 0. The van der Waals surface area contributed by atoms with E-state index in [4.69, 9.17) is 0 Å². The molecule has 1 fully saturated rings. The van der Waals surface area contributed by atoms with Crippen molar-refractivity contribution in [2.45, 2.75) is 18.8 Å². The van der Waals surface area contributed by atoms with E-state index in [2.05, 4.69) is 16.0 Å². The van der Waals surface area contributed by atoms with Crippen LogP contribution in [0.3, 0.4) is 0 Å². The van der Waals surface area contributed by atoms with Crippen LogP contribution in [0.4, 0.5) is 0 Å². The van der Waals surface area contributed by atoms with Crippen molar-refractivity contribution in [1.29, 1.82) is 0 Å². The molecule has 2 N–H and O–H groups in total. The minimum atomic E-state index is -0.627. The molecule has 0 radical (unpaired) electrons. The molecule has 0 aliphatic carbocycles. The largest absolute Gasteiger partial charge is 0.389 e. The second kappa shape index (κ2) is 4.65. The van der Waals surface area contributed by atoms with Crippen molar-refractivity contribution in [3.05, 3.63) is 42.1 Å². The van der Waals surface area contributed by atoms with Gasteiger partial charge in [0.1, 0.15) is 0 Å². The summed E-state index contributed by atoms with van der Waals surface area (Å²) in [5.41, 5.74) is 2.16. The van der Waals surface area contributed by atoms with Crippen molar-refractivity contribution in [3.63, 3.8) is 0 Å². The van der Waals surface area contributed by atoms with E-state index in [1.54, 1.807) is 6.20 Å². The van der Waals surface area contributed by atoms with Gasteiger partial charge in [-0.25, -0.2) is 0 Å². The van der Waals surface area contributed by atoms with Crippen LogP contribution < -0.4 is 0 Å². The number of fused-ring (bicyclic) bond motifs is 1. The van der Waals surface area contributed by atoms with Crippen LogP contribution >= 0.6 is 0 Å². The third-order valence-electron chi connectivity index (χ3n) is 3.47. The fourth-order valence-electron chi connectivity index (χ4n) is 2.51. The van der Waals surface area contributed by atoms with Crippen LogP contribution in [-0.2, 0) is 6.54 Å². The molecule has 3 rings (SSSR count). The zero-order chi connectivity index (χ0) is 12.5. The predicted molar refractivity (Wildman–Crippen MR) is 69.0 cm³/mol. The highest BCUT2D eigenvalue weighted by Gasteiger charge is 2.29. The predicted octanol–water partition coefficient (Wildman–Crippen LogP) is 0.772. The van der Waals surface area contributed by atoms with Gasteiger partial charge in [-0.1, -0.05) is 18.2 Å². The molecule has 0 amide bonds. The van der Waals surface area contributed by atoms with Gasteiger partial charge < -0.3 is 10.2 Å². The first kappa shape index (κ1) is 11.6. The Labute approximate surface area is 105 Å². The van der Waals surface area contributed by atoms with Gasteiger partial charge in [-0.05, 0) is 17.7 Å². The number of aliphatic hydroxyl groups excluding tert-OH is 2. The molecule has 18 heavy (non-hydrogen) atoms. The maximum atomic E-state index is 9.56. The average Bonchev–Trinajstić information content (AvgIpc) is 2.69. The monoisotopic (exact) mass is 244 g/mol. The Hall–Kier alpha value is -1.49. The number of para-hydroxylation sites is 1. The number of benzene rings is 1. The van der Waals surface area contributed by atoms with Gasteiger partial charge in [0.25, 0.3) is 0 Å². The lowest BCUT2D eigenvalue weighted by atomic mass is 10.1. The number of β-amino-alcohol motifs (C(OH)–C–C–N with tert-alkyl or cyclic N) is 2. The second-order valence-corrected chi connectivity index (χ2v) is 4.82. The van der Waals surface area contributed by atoms with Gasteiger partial charge >= 0.3 is 0 Å². The zero-order valence-corrected chi connectivity index (χ0v) is 10.0. The van der Waals surface area contributed by atoms with E-state index in [0.717, 1.165) is 17.4 Å². The van der Waals surface area contributed by atoms with Crippen LogP contribution in [0.25, 0.3) is 10.9 Å². The van der Waals surface area contributed by atoms with Crippen molar-refractivity contribution in [2.75, 3.05) is 13.1 Å². The smallest absolute Gasteiger partial charge is 0.0938 e. The Kier molecular flexibility index (Phi) is 2.99. The number of likely N-dealkylation sites (tertiary alicyclic amines) is 1. The highest BCUT2D eigenvalue weighted by molar-refractivity contribution is 5.81. The van der Waals surface area contributed by atoms with E-state index >= 15 is 0 Å². The summed E-state index contributed by atoms with van der Waals surface area (Å²) < 4.78 is 0. The Bertz CT molecular complexity index is 543. The molecule has 2 heterocycles. The third-order valence-corrected chi connectivity index (χ3v) is 3.47. The average molecular weight is 244 g/mol. The summed E-state index contributed by atoms with van der Waals surface area (Å²) in [5, 5.41) is 20.2. The van der Waals surface area contributed by atoms with Crippen molar-refractivity contribution >= 4 is 10.9 Å². The van der Waals surface area contributed by atoms with E-state index in [1.165, 1.54) is 5.56 Å². The fourth-order valence-corrected chi connectivity index (χ4v) is 2.51. The highest BCUT2D eigenvalue weighted by Crippen LogP contribution is 2.20. The van der Waals surface area contributed by atoms with E-state index < -0.39 is 12.2 Å². The SMILES string of the molecule is OC1CN(Cc2ccnc3ccccc23)CC1O. The summed E-state index contributed by atoms with van der Waals surface area (Å²) in [6.07, 6.45) is 0.553. The van der Waals surface area contributed by atoms with Crippen molar-refractivity contribution < 1.29 is 10.2 Å². The van der Waals surface area contributed by atoms with Crippen LogP contribution in [0, 0.1) is 0 Å². The van der Waals surface area contributed by atoms with Crippen LogP contribution in [-0.4, -0.2) is 45.4 Å². The van der Waals surface area contributed by atoms with Crippen molar-refractivity contribution in [3.8, 4) is 0 Å². The van der Waals surface area contributed by atoms with Crippen molar-refractivity contribution in [2.24, 2.45) is 0 Å². The molecule has 2 atom stereocenters. The van der Waals surface area contributed by atoms with E-state index in [1.807, 2.05) is 24.3 Å². The first-order valence-electron chi connectivity index (χ1n) is 6.15. The molecular formula is C14H16N2O2. The second-order valence-electron chi connectivity index (χ2n) is 4.82. The van der Waals surface area contributed by atoms with Gasteiger partial charge in [0, 0.05) is 31.2 Å². The Morgan fingerprint density at radius 2 is 1.83 bits per heavy atom. The maximum Gasteiger partial charge on any atom is 0.0938 e. The van der Waals surface area contributed by atoms with Gasteiger partial charge in [-0.3, -0.25) is 9.88 Å². The molecule has 2 aromatic rings. The van der Waals surface area contributed by atoms with E-state index in [-0.39, 0.29) is 0 Å². The summed E-state index contributed by atoms with van der Waals surface area (Å²) in [6, 6.07) is 10.0. The molecule has 4 heteroatoms. The molecule has 1 aliphatic rings. The highest BCUT2D eigenvalue weighted by atomic mass is 16.3. The fraction of sp³-hybridized carbons (Fsp3) is 0.357. The molecule has 0 saturated carbocycles. The van der Waals surface area contributed by atoms with Gasteiger partial charge in [0.2, 0.25) is 0 Å². The third kappa shape index (κ3) is 2.10. The first-order chi connectivity index (χ1) is 8.74. The van der Waals surface area contributed by atoms with Gasteiger partial charge in [0.15, 0.2) is 0 Å². The molecule has 1 aliphatic heterocycles. The summed E-state index contributed by atoms with van der Waals surface area (Å²) in [6.45, 7) is 1.78. The van der Waals surface area contributed by atoms with Crippen LogP contribution in [0.2, 0.25) is 0 Å². The molecule has 0 spiro atoms. The molecule has 0 bridgehead atoms. The topological polar surface area (TPSA) is 56.6 Å². The molecule has 1 aromatic carbocycles. The minimum Gasteiger partial charge on any atom is -0.389 e. The number of hydrogen-bond donors (Lipinski definition) is 2. The van der Waals surface area contributed by atoms with Gasteiger partial charge in [-0.2, -0.15) is 0 Å². The molecule has 4 nitrogen and oxygen atoms in total. The molecule has 1 saturated heterocycles. The lowest BCUT2D eigenvalue weighted by molar-refractivity contribution is 0.0572. The number of hydrogen-bond acceptors (Lipinski definition) is 4. The first-order valence-corrected chi connectivity index (χ1v) is 6.15.